The highest BCUT2D eigenvalue weighted by Crippen LogP contribution is 2.43. The van der Waals surface area contributed by atoms with Gasteiger partial charge in [-0.15, -0.1) is 0 Å². The van der Waals surface area contributed by atoms with Crippen molar-refractivity contribution in [3.63, 3.8) is 0 Å². The van der Waals surface area contributed by atoms with E-state index in [1.54, 1.807) is 24.3 Å². The molecule has 2 fully saturated rings. The van der Waals surface area contributed by atoms with Crippen molar-refractivity contribution in [1.29, 1.82) is 0 Å². The van der Waals surface area contributed by atoms with E-state index >= 15 is 0 Å². The predicted octanol–water partition coefficient (Wildman–Crippen LogP) is 2.20. The summed E-state index contributed by atoms with van der Waals surface area (Å²) in [6, 6.07) is 6.05. The number of hydrogen-bond acceptors (Lipinski definition) is 4. The van der Waals surface area contributed by atoms with Gasteiger partial charge in [0, 0.05) is 13.0 Å². The van der Waals surface area contributed by atoms with E-state index in [4.69, 9.17) is 4.74 Å². The van der Waals surface area contributed by atoms with Gasteiger partial charge in [-0.1, -0.05) is 29.8 Å². The normalized spacial score (nSPS) is 33.3. The predicted molar refractivity (Wildman–Crippen MR) is 89.1 cm³/mol. The van der Waals surface area contributed by atoms with Crippen LogP contribution in [0.1, 0.15) is 31.2 Å². The maximum atomic E-state index is 13.2. The molecule has 0 saturated carbocycles. The monoisotopic (exact) mass is 347 g/mol. The van der Waals surface area contributed by atoms with Crippen LogP contribution in [0.25, 0.3) is 0 Å². The maximum absolute atomic E-state index is 13.2. The van der Waals surface area contributed by atoms with Gasteiger partial charge in [0.05, 0.1) is 11.0 Å². The third-order valence-electron chi connectivity index (χ3n) is 5.25. The Kier molecular flexibility index (Phi) is 3.67. The molecule has 0 amide bonds. The number of ether oxygens (including phenoxy) is 1. The lowest BCUT2D eigenvalue weighted by molar-refractivity contribution is -0.149. The number of carbonyl (C=O) groups is 1. The Morgan fingerprint density at radius 1 is 1.21 bits per heavy atom. The van der Waals surface area contributed by atoms with Crippen LogP contribution in [-0.2, 0) is 19.6 Å². The summed E-state index contributed by atoms with van der Waals surface area (Å²) in [6.07, 6.45) is 6.17. The van der Waals surface area contributed by atoms with Crippen LogP contribution < -0.4 is 0 Å². The van der Waals surface area contributed by atoms with Crippen LogP contribution in [0.4, 0.5) is 0 Å². The first-order valence-corrected chi connectivity index (χ1v) is 9.85. The Bertz CT molecular complexity index is 799. The molecule has 128 valence electrons. The van der Waals surface area contributed by atoms with Crippen LogP contribution in [-0.4, -0.2) is 42.8 Å². The number of sulfonamides is 1. The molecule has 24 heavy (non-hydrogen) atoms. The molecule has 3 aliphatic heterocycles. The molecule has 2 bridgehead atoms. The second kappa shape index (κ2) is 5.51. The maximum Gasteiger partial charge on any atom is 0.243 e. The highest BCUT2D eigenvalue weighted by molar-refractivity contribution is 7.89. The van der Waals surface area contributed by atoms with Crippen LogP contribution in [0.3, 0.4) is 0 Å². The SMILES string of the molecule is Cc1ccc(S(=O)(=O)N2CCCC[C@@]34C=C[C@@H](CC(=O)C23)O4)cc1. The largest absolute Gasteiger partial charge is 0.361 e. The molecule has 0 aliphatic carbocycles. The molecule has 5 nitrogen and oxygen atoms in total. The lowest BCUT2D eigenvalue weighted by Gasteiger charge is -2.42. The number of hydrogen-bond donors (Lipinski definition) is 0. The Hall–Kier alpha value is -1.50. The van der Waals surface area contributed by atoms with E-state index in [1.807, 2.05) is 19.1 Å². The quantitative estimate of drug-likeness (QED) is 0.770. The molecular formula is C18H21NO4S. The van der Waals surface area contributed by atoms with Crippen molar-refractivity contribution < 1.29 is 17.9 Å². The Morgan fingerprint density at radius 3 is 2.71 bits per heavy atom. The summed E-state index contributed by atoms with van der Waals surface area (Å²) in [5.41, 5.74) is 0.216. The van der Waals surface area contributed by atoms with Crippen molar-refractivity contribution in [1.82, 2.24) is 4.31 Å². The van der Waals surface area contributed by atoms with Gasteiger partial charge in [-0.3, -0.25) is 4.79 Å². The van der Waals surface area contributed by atoms with Crippen LogP contribution in [0.2, 0.25) is 0 Å². The number of carbonyl (C=O) groups excluding carboxylic acids is 1. The van der Waals surface area contributed by atoms with E-state index in [-0.39, 0.29) is 23.2 Å². The van der Waals surface area contributed by atoms with Crippen molar-refractivity contribution in [2.75, 3.05) is 6.54 Å². The molecule has 0 aromatic heterocycles. The van der Waals surface area contributed by atoms with Gasteiger partial charge in [0.15, 0.2) is 5.78 Å². The molecule has 0 N–H and O–H groups in total. The van der Waals surface area contributed by atoms with Gasteiger partial charge in [-0.05, 0) is 38.3 Å². The lowest BCUT2D eigenvalue weighted by Crippen LogP contribution is -2.60. The minimum absolute atomic E-state index is 0.0335. The number of benzene rings is 1. The van der Waals surface area contributed by atoms with Gasteiger partial charge < -0.3 is 4.74 Å². The van der Waals surface area contributed by atoms with E-state index in [0.29, 0.717) is 13.0 Å². The number of Topliss-reactive ketones (excluding diaryl/α,β-unsaturated/α-hetero) is 1. The second-order valence-electron chi connectivity index (χ2n) is 6.93. The molecule has 3 atom stereocenters. The second-order valence-corrected chi connectivity index (χ2v) is 8.82. The van der Waals surface area contributed by atoms with Gasteiger partial charge in [-0.25, -0.2) is 8.42 Å². The third kappa shape index (κ3) is 2.36. The Morgan fingerprint density at radius 2 is 1.96 bits per heavy atom. The average molecular weight is 347 g/mol. The van der Waals surface area contributed by atoms with Gasteiger partial charge >= 0.3 is 0 Å². The lowest BCUT2D eigenvalue weighted by atomic mass is 9.86. The summed E-state index contributed by atoms with van der Waals surface area (Å²) in [5.74, 6) is -0.0335. The van der Waals surface area contributed by atoms with Crippen molar-refractivity contribution in [3.05, 3.63) is 42.0 Å². The van der Waals surface area contributed by atoms with Crippen molar-refractivity contribution in [2.45, 2.75) is 55.2 Å². The standard InChI is InChI=1S/C18H21NO4S/c1-13-4-6-15(7-5-13)24(21,22)19-11-3-2-9-18-10-8-14(23-18)12-16(20)17(18)19/h4-8,10,14,17H,2-3,9,11-12H2,1H3/t14-,17?,18+/m0/s1. The van der Waals surface area contributed by atoms with E-state index in [2.05, 4.69) is 0 Å². The molecule has 1 unspecified atom stereocenters. The molecule has 0 radical (unpaired) electrons. The molecular weight excluding hydrogens is 326 g/mol. The number of ketones is 1. The zero-order chi connectivity index (χ0) is 16.9. The minimum atomic E-state index is -3.74. The average Bonchev–Trinajstić information content (AvgIpc) is 2.75. The number of rotatable bonds is 2. The summed E-state index contributed by atoms with van der Waals surface area (Å²) in [4.78, 5) is 13.0. The van der Waals surface area contributed by atoms with Crippen LogP contribution in [0, 0.1) is 6.92 Å². The number of fused-ring (bicyclic) bond motifs is 1. The molecule has 3 heterocycles. The van der Waals surface area contributed by atoms with Gasteiger partial charge in [-0.2, -0.15) is 4.31 Å². The smallest absolute Gasteiger partial charge is 0.243 e. The number of aryl methyl sites for hydroxylation is 1. The zero-order valence-electron chi connectivity index (χ0n) is 13.6. The minimum Gasteiger partial charge on any atom is -0.361 e. The van der Waals surface area contributed by atoms with Crippen molar-refractivity contribution in [2.24, 2.45) is 0 Å². The first kappa shape index (κ1) is 16.0. The molecule has 1 spiro atoms. The van der Waals surface area contributed by atoms with Crippen molar-refractivity contribution >= 4 is 15.8 Å². The molecule has 1 aromatic carbocycles. The van der Waals surface area contributed by atoms with E-state index in [0.717, 1.165) is 18.4 Å². The summed E-state index contributed by atoms with van der Waals surface area (Å²) in [6.45, 7) is 2.27. The Balaban J connectivity index is 1.79. The van der Waals surface area contributed by atoms with Crippen LogP contribution in [0.15, 0.2) is 41.3 Å². The summed E-state index contributed by atoms with van der Waals surface area (Å²) >= 11 is 0. The molecule has 2 saturated heterocycles. The van der Waals surface area contributed by atoms with E-state index in [1.165, 1.54) is 4.31 Å². The van der Waals surface area contributed by atoms with Crippen LogP contribution >= 0.6 is 0 Å². The summed E-state index contributed by atoms with van der Waals surface area (Å²) in [5, 5.41) is 0. The highest BCUT2D eigenvalue weighted by atomic mass is 32.2. The van der Waals surface area contributed by atoms with Crippen LogP contribution in [0.5, 0.6) is 0 Å². The van der Waals surface area contributed by atoms with Gasteiger partial charge in [0.2, 0.25) is 10.0 Å². The van der Waals surface area contributed by atoms with E-state index < -0.39 is 21.7 Å². The highest BCUT2D eigenvalue weighted by Gasteiger charge is 2.56. The van der Waals surface area contributed by atoms with E-state index in [9.17, 15) is 13.2 Å². The summed E-state index contributed by atoms with van der Waals surface area (Å²) in [7, 11) is -3.74. The first-order valence-electron chi connectivity index (χ1n) is 8.41. The van der Waals surface area contributed by atoms with Gasteiger partial charge in [0.1, 0.15) is 11.6 Å². The van der Waals surface area contributed by atoms with Gasteiger partial charge in [0.25, 0.3) is 0 Å². The fourth-order valence-corrected chi connectivity index (χ4v) is 5.76. The van der Waals surface area contributed by atoms with Crippen molar-refractivity contribution in [3.8, 4) is 0 Å². The third-order valence-corrected chi connectivity index (χ3v) is 7.12. The summed E-state index contributed by atoms with van der Waals surface area (Å²) < 4.78 is 33.9. The first-order chi connectivity index (χ1) is 11.4. The fraction of sp³-hybridized carbons (Fsp3) is 0.500. The number of nitrogens with zero attached hydrogens (tertiary/aromatic N) is 1. The molecule has 1 aromatic rings. The topological polar surface area (TPSA) is 63.7 Å². The Labute approximate surface area is 142 Å². The molecule has 4 rings (SSSR count). The zero-order valence-corrected chi connectivity index (χ0v) is 14.5. The molecule has 6 heteroatoms. The fourth-order valence-electron chi connectivity index (χ4n) is 4.06. The molecule has 3 aliphatic rings.